The maximum atomic E-state index is 12.9. The molecule has 13 heteroatoms. The van der Waals surface area contributed by atoms with Crippen LogP contribution in [0.5, 0.6) is 0 Å². The molecule has 6 atom stereocenters. The fourth-order valence-electron chi connectivity index (χ4n) is 8.92. The van der Waals surface area contributed by atoms with E-state index in [-0.39, 0.29) is 19.6 Å². The van der Waals surface area contributed by atoms with E-state index in [9.17, 15) is 33.1 Å². The van der Waals surface area contributed by atoms with Gasteiger partial charge in [-0.05, 0) is 51.4 Å². The number of carbonyl (C=O) groups is 1. The quantitative estimate of drug-likeness (QED) is 0.0196. The van der Waals surface area contributed by atoms with Crippen molar-refractivity contribution in [2.24, 2.45) is 0 Å². The van der Waals surface area contributed by atoms with Crippen LogP contribution in [-0.4, -0.2) is 97.5 Å². The Morgan fingerprint density at radius 1 is 0.543 bits per heavy atom. The molecule has 4 N–H and O–H groups in total. The molecule has 0 bridgehead atoms. The Kier molecular flexibility index (Phi) is 45.7. The van der Waals surface area contributed by atoms with Crippen LogP contribution < -0.4 is 0 Å². The predicted octanol–water partition coefficient (Wildman–Crippen LogP) is 14.1. The van der Waals surface area contributed by atoms with Crippen LogP contribution in [0.4, 0.5) is 0 Å². The lowest BCUT2D eigenvalue weighted by Crippen LogP contribution is -2.60. The van der Waals surface area contributed by atoms with Crippen LogP contribution in [0.3, 0.4) is 0 Å². The maximum absolute atomic E-state index is 12.9. The van der Waals surface area contributed by atoms with E-state index < -0.39 is 59.8 Å². The van der Waals surface area contributed by atoms with Crippen LogP contribution in [0.15, 0.2) is 36.5 Å². The molecule has 0 amide bonds. The lowest BCUT2D eigenvalue weighted by atomic mass is 9.99. The van der Waals surface area contributed by atoms with Crippen molar-refractivity contribution in [2.45, 2.75) is 295 Å². The number of allylic oxidation sites excluding steroid dienone is 6. The van der Waals surface area contributed by atoms with Gasteiger partial charge < -0.3 is 34.3 Å². The normalized spacial score (nSPS) is 19.3. The van der Waals surface area contributed by atoms with E-state index in [1.807, 2.05) is 0 Å². The van der Waals surface area contributed by atoms with Crippen molar-refractivity contribution in [1.82, 2.24) is 0 Å². The van der Waals surface area contributed by atoms with Crippen LogP contribution in [0.2, 0.25) is 0 Å². The first-order valence-electron chi connectivity index (χ1n) is 28.7. The van der Waals surface area contributed by atoms with Gasteiger partial charge in [0.25, 0.3) is 0 Å². The summed E-state index contributed by atoms with van der Waals surface area (Å²) in [5.41, 5.74) is 0. The highest BCUT2D eigenvalue weighted by Crippen LogP contribution is 2.26. The highest BCUT2D eigenvalue weighted by atomic mass is 32.3. The number of hydrogen-bond donors (Lipinski definition) is 4. The fraction of sp³-hybridized carbons (Fsp3) is 0.877. The van der Waals surface area contributed by atoms with E-state index in [1.165, 1.54) is 161 Å². The first kappa shape index (κ1) is 66.3. The highest BCUT2D eigenvalue weighted by molar-refractivity contribution is 7.80. The molecule has 1 aliphatic heterocycles. The van der Waals surface area contributed by atoms with Gasteiger partial charge in [-0.2, -0.15) is 8.42 Å². The van der Waals surface area contributed by atoms with E-state index in [4.69, 9.17) is 18.9 Å². The molecule has 1 rings (SSSR count). The third kappa shape index (κ3) is 40.8. The minimum atomic E-state index is -5.07. The fourth-order valence-corrected chi connectivity index (χ4v) is 9.43. The molecule has 412 valence electrons. The van der Waals surface area contributed by atoms with Crippen LogP contribution in [0.1, 0.15) is 258 Å². The molecule has 70 heavy (non-hydrogen) atoms. The van der Waals surface area contributed by atoms with Crippen LogP contribution in [-0.2, 0) is 38.3 Å². The van der Waals surface area contributed by atoms with E-state index >= 15 is 0 Å². The Balaban J connectivity index is 2.29. The van der Waals surface area contributed by atoms with Crippen molar-refractivity contribution >= 4 is 16.4 Å². The van der Waals surface area contributed by atoms with Gasteiger partial charge in [0.2, 0.25) is 0 Å². The van der Waals surface area contributed by atoms with Gasteiger partial charge in [-0.15, -0.1) is 0 Å². The molecule has 0 aromatic heterocycles. The predicted molar refractivity (Wildman–Crippen MR) is 285 cm³/mol. The summed E-state index contributed by atoms with van der Waals surface area (Å²) in [5, 5.41) is 30.8. The molecule has 0 radical (unpaired) electrons. The summed E-state index contributed by atoms with van der Waals surface area (Å²) >= 11 is 0. The maximum Gasteiger partial charge on any atom is 0.397 e. The SMILES string of the molecule is CCCCC/C=C\C/C=C\C/C=C\CCCCCCCCC(=O)OC(COCCCCCCCCCCCCCCCCCCCCCCCCCC)COC1OC(CO)C(O)C(OS(=O)(=O)O)C1O. The number of esters is 1. The summed E-state index contributed by atoms with van der Waals surface area (Å²) < 4.78 is 59.4. The van der Waals surface area contributed by atoms with Crippen molar-refractivity contribution in [3.63, 3.8) is 0 Å². The zero-order valence-corrected chi connectivity index (χ0v) is 45.4. The Bertz CT molecular complexity index is 1360. The van der Waals surface area contributed by atoms with Gasteiger partial charge in [-0.3, -0.25) is 9.35 Å². The summed E-state index contributed by atoms with van der Waals surface area (Å²) in [6.45, 7) is 4.00. The summed E-state index contributed by atoms with van der Waals surface area (Å²) in [5.74, 6) is -0.407. The average Bonchev–Trinajstić information content (AvgIpc) is 3.34. The number of aliphatic hydroxyl groups is 3. The number of ether oxygens (including phenoxy) is 4. The second-order valence-electron chi connectivity index (χ2n) is 19.9. The second kappa shape index (κ2) is 48.3. The molecule has 0 aromatic carbocycles. The smallest absolute Gasteiger partial charge is 0.397 e. The van der Waals surface area contributed by atoms with Gasteiger partial charge in [-0.25, -0.2) is 4.18 Å². The van der Waals surface area contributed by atoms with E-state index in [0.717, 1.165) is 70.6 Å². The van der Waals surface area contributed by atoms with Gasteiger partial charge >= 0.3 is 16.4 Å². The average molecular weight is 1020 g/mol. The van der Waals surface area contributed by atoms with Crippen molar-refractivity contribution in [2.75, 3.05) is 26.4 Å². The van der Waals surface area contributed by atoms with Gasteiger partial charge in [0.15, 0.2) is 6.29 Å². The van der Waals surface area contributed by atoms with Gasteiger partial charge in [0, 0.05) is 13.0 Å². The lowest BCUT2D eigenvalue weighted by molar-refractivity contribution is -0.301. The molecule has 1 aliphatic rings. The number of hydrogen-bond acceptors (Lipinski definition) is 11. The number of carbonyl (C=O) groups excluding carboxylic acids is 1. The third-order valence-electron chi connectivity index (χ3n) is 13.3. The van der Waals surface area contributed by atoms with Gasteiger partial charge in [-0.1, -0.05) is 237 Å². The standard InChI is InChI=1S/C57H106O12S/c1-3-5-7-9-11-13-15-17-19-21-23-24-25-26-27-29-31-33-35-37-39-41-43-45-47-65-49-51(50-66-57-55(61)56(69-70(62,63)64)54(60)52(48-58)68-57)67-53(59)46-44-42-40-38-36-34-32-30-28-22-20-18-16-14-12-10-8-6-4-2/h12,14,18,20,28,30,51-52,54-58,60-61H,3-11,13,15-17,19,21-27,29,31-50H2,1-2H3,(H,62,63,64)/b14-12-,20-18-,30-28-. The third-order valence-corrected chi connectivity index (χ3v) is 13.7. The topological polar surface area (TPSA) is 178 Å². The molecule has 1 heterocycles. The van der Waals surface area contributed by atoms with Crippen LogP contribution >= 0.6 is 0 Å². The molecular formula is C57H106O12S. The molecule has 0 aromatic rings. The Labute approximate surface area is 428 Å². The zero-order chi connectivity index (χ0) is 51.0. The van der Waals surface area contributed by atoms with E-state index in [2.05, 4.69) is 54.5 Å². The molecule has 12 nitrogen and oxygen atoms in total. The van der Waals surface area contributed by atoms with Crippen LogP contribution in [0, 0.1) is 0 Å². The minimum absolute atomic E-state index is 0.0339. The highest BCUT2D eigenvalue weighted by Gasteiger charge is 2.48. The van der Waals surface area contributed by atoms with Crippen molar-refractivity contribution in [1.29, 1.82) is 0 Å². The number of rotatable bonds is 51. The van der Waals surface area contributed by atoms with Crippen molar-refractivity contribution < 1.29 is 56.2 Å². The first-order chi connectivity index (χ1) is 34.1. The first-order valence-corrected chi connectivity index (χ1v) is 30.1. The summed E-state index contributed by atoms with van der Waals surface area (Å²) in [6, 6.07) is 0. The minimum Gasteiger partial charge on any atom is -0.457 e. The summed E-state index contributed by atoms with van der Waals surface area (Å²) in [7, 11) is -5.07. The van der Waals surface area contributed by atoms with Crippen molar-refractivity contribution in [3.05, 3.63) is 36.5 Å². The Morgan fingerprint density at radius 3 is 1.40 bits per heavy atom. The summed E-state index contributed by atoms with van der Waals surface area (Å²) in [6.07, 6.45) is 50.4. The second-order valence-corrected chi connectivity index (χ2v) is 20.9. The molecular weight excluding hydrogens is 909 g/mol. The van der Waals surface area contributed by atoms with E-state index in [1.54, 1.807) is 0 Å². The lowest BCUT2D eigenvalue weighted by Gasteiger charge is -2.41. The molecule has 1 fully saturated rings. The number of unbranched alkanes of at least 4 members (excludes halogenated alkanes) is 32. The van der Waals surface area contributed by atoms with Crippen LogP contribution in [0.25, 0.3) is 0 Å². The molecule has 0 spiro atoms. The summed E-state index contributed by atoms with van der Waals surface area (Å²) in [4.78, 5) is 12.9. The Morgan fingerprint density at radius 2 is 0.943 bits per heavy atom. The zero-order valence-electron chi connectivity index (χ0n) is 44.6. The van der Waals surface area contributed by atoms with Crippen molar-refractivity contribution in [3.8, 4) is 0 Å². The molecule has 6 unspecified atom stereocenters. The van der Waals surface area contributed by atoms with Gasteiger partial charge in [0.05, 0.1) is 19.8 Å². The molecule has 0 saturated carbocycles. The Hall–Kier alpha value is -1.68. The largest absolute Gasteiger partial charge is 0.457 e. The molecule has 0 aliphatic carbocycles. The monoisotopic (exact) mass is 1010 g/mol. The van der Waals surface area contributed by atoms with E-state index in [0.29, 0.717) is 13.0 Å². The molecule has 1 saturated heterocycles. The number of aliphatic hydroxyl groups excluding tert-OH is 3. The van der Waals surface area contributed by atoms with Gasteiger partial charge in [0.1, 0.15) is 30.5 Å².